The Kier molecular flexibility index (Phi) is 4.42. The van der Waals surface area contributed by atoms with Gasteiger partial charge in [-0.1, -0.05) is 25.3 Å². The van der Waals surface area contributed by atoms with Crippen LogP contribution >= 0.6 is 0 Å². The Balaban J connectivity index is 1.40. The molecule has 1 aromatic heterocycles. The van der Waals surface area contributed by atoms with Gasteiger partial charge in [0, 0.05) is 37.5 Å². The minimum Gasteiger partial charge on any atom is -0.339 e. The largest absolute Gasteiger partial charge is 0.339 e. The number of carbonyl (C=O) groups excluding carboxylic acids is 2. The van der Waals surface area contributed by atoms with Crippen molar-refractivity contribution >= 4 is 22.7 Å². The number of nitrogens with one attached hydrogen (secondary N) is 1. The Morgan fingerprint density at radius 1 is 1.00 bits per heavy atom. The van der Waals surface area contributed by atoms with Crippen LogP contribution in [0.15, 0.2) is 24.4 Å². The SMILES string of the molecule is O=C(c1cccc2[nH]ncc12)N1CCN(C(=O)C2CCCCC2)CC1. The Morgan fingerprint density at radius 3 is 2.48 bits per heavy atom. The molecule has 1 aliphatic carbocycles. The number of rotatable bonds is 2. The monoisotopic (exact) mass is 340 g/mol. The lowest BCUT2D eigenvalue weighted by atomic mass is 9.88. The van der Waals surface area contributed by atoms with Gasteiger partial charge < -0.3 is 9.80 Å². The zero-order chi connectivity index (χ0) is 17.2. The normalized spacial score (nSPS) is 19.4. The van der Waals surface area contributed by atoms with E-state index in [0.717, 1.165) is 23.7 Å². The van der Waals surface area contributed by atoms with Crippen molar-refractivity contribution in [2.75, 3.05) is 26.2 Å². The highest BCUT2D eigenvalue weighted by atomic mass is 16.2. The lowest BCUT2D eigenvalue weighted by Gasteiger charge is -2.37. The quantitative estimate of drug-likeness (QED) is 0.913. The smallest absolute Gasteiger partial charge is 0.254 e. The maximum atomic E-state index is 12.9. The van der Waals surface area contributed by atoms with Crippen LogP contribution in [0.25, 0.3) is 10.9 Å². The maximum absolute atomic E-state index is 12.9. The number of aromatic nitrogens is 2. The van der Waals surface area contributed by atoms with Crippen LogP contribution in [-0.2, 0) is 4.79 Å². The van der Waals surface area contributed by atoms with Gasteiger partial charge in [0.05, 0.1) is 17.3 Å². The number of fused-ring (bicyclic) bond motifs is 1. The van der Waals surface area contributed by atoms with E-state index in [4.69, 9.17) is 0 Å². The summed E-state index contributed by atoms with van der Waals surface area (Å²) < 4.78 is 0. The summed E-state index contributed by atoms with van der Waals surface area (Å²) in [5.74, 6) is 0.524. The molecule has 0 atom stereocenters. The fourth-order valence-corrected chi connectivity index (χ4v) is 4.06. The zero-order valence-corrected chi connectivity index (χ0v) is 14.4. The summed E-state index contributed by atoms with van der Waals surface area (Å²) in [5, 5.41) is 7.79. The summed E-state index contributed by atoms with van der Waals surface area (Å²) in [7, 11) is 0. The van der Waals surface area contributed by atoms with Crippen molar-refractivity contribution in [3.8, 4) is 0 Å². The minimum atomic E-state index is 0.0248. The first-order chi connectivity index (χ1) is 12.2. The van der Waals surface area contributed by atoms with E-state index in [2.05, 4.69) is 10.2 Å². The number of benzene rings is 1. The number of piperazine rings is 1. The first-order valence-corrected chi connectivity index (χ1v) is 9.24. The molecule has 0 unspecified atom stereocenters. The van der Waals surface area contributed by atoms with Gasteiger partial charge in [0.2, 0.25) is 5.91 Å². The highest BCUT2D eigenvalue weighted by Crippen LogP contribution is 2.26. The Morgan fingerprint density at radius 2 is 1.72 bits per heavy atom. The summed E-state index contributed by atoms with van der Waals surface area (Å²) in [5.41, 5.74) is 1.55. The molecule has 0 bridgehead atoms. The van der Waals surface area contributed by atoms with Gasteiger partial charge in [-0.2, -0.15) is 5.10 Å². The number of aromatic amines is 1. The predicted octanol–water partition coefficient (Wildman–Crippen LogP) is 2.43. The molecule has 6 heteroatoms. The second-order valence-corrected chi connectivity index (χ2v) is 7.09. The van der Waals surface area contributed by atoms with E-state index in [0.29, 0.717) is 37.6 Å². The van der Waals surface area contributed by atoms with E-state index in [1.165, 1.54) is 19.3 Å². The third kappa shape index (κ3) is 3.13. The molecule has 1 aromatic carbocycles. The molecule has 1 saturated heterocycles. The molecule has 2 amide bonds. The van der Waals surface area contributed by atoms with Crippen LogP contribution < -0.4 is 0 Å². The predicted molar refractivity (Wildman–Crippen MR) is 95.2 cm³/mol. The van der Waals surface area contributed by atoms with Crippen LogP contribution in [0.5, 0.6) is 0 Å². The number of amides is 2. The number of hydrogen-bond donors (Lipinski definition) is 1. The van der Waals surface area contributed by atoms with Crippen molar-refractivity contribution in [3.05, 3.63) is 30.0 Å². The van der Waals surface area contributed by atoms with Crippen LogP contribution in [0, 0.1) is 5.92 Å². The van der Waals surface area contributed by atoms with E-state index in [-0.39, 0.29) is 11.8 Å². The fraction of sp³-hybridized carbons (Fsp3) is 0.526. The highest BCUT2D eigenvalue weighted by molar-refractivity contribution is 6.06. The van der Waals surface area contributed by atoms with Crippen LogP contribution in [0.2, 0.25) is 0 Å². The van der Waals surface area contributed by atoms with Gasteiger partial charge in [0.15, 0.2) is 0 Å². The molecule has 1 aliphatic heterocycles. The van der Waals surface area contributed by atoms with Crippen molar-refractivity contribution in [2.45, 2.75) is 32.1 Å². The van der Waals surface area contributed by atoms with Crippen molar-refractivity contribution in [1.29, 1.82) is 0 Å². The summed E-state index contributed by atoms with van der Waals surface area (Å²) in [6.07, 6.45) is 7.35. The summed E-state index contributed by atoms with van der Waals surface area (Å²) in [4.78, 5) is 29.3. The topological polar surface area (TPSA) is 69.3 Å². The fourth-order valence-electron chi connectivity index (χ4n) is 4.06. The summed E-state index contributed by atoms with van der Waals surface area (Å²) in [6, 6.07) is 5.64. The second kappa shape index (κ2) is 6.86. The molecule has 2 aromatic rings. The van der Waals surface area contributed by atoms with Crippen molar-refractivity contribution in [3.63, 3.8) is 0 Å². The average Bonchev–Trinajstić information content (AvgIpc) is 3.16. The van der Waals surface area contributed by atoms with Crippen molar-refractivity contribution in [1.82, 2.24) is 20.0 Å². The van der Waals surface area contributed by atoms with Gasteiger partial charge in [0.1, 0.15) is 0 Å². The second-order valence-electron chi connectivity index (χ2n) is 7.09. The Hall–Kier alpha value is -2.37. The highest BCUT2D eigenvalue weighted by Gasteiger charge is 2.30. The van der Waals surface area contributed by atoms with Crippen LogP contribution in [0.1, 0.15) is 42.5 Å². The molecule has 0 spiro atoms. The number of hydrogen-bond acceptors (Lipinski definition) is 3. The van der Waals surface area contributed by atoms with Gasteiger partial charge in [-0.15, -0.1) is 0 Å². The molecule has 2 heterocycles. The molecule has 25 heavy (non-hydrogen) atoms. The third-order valence-corrected chi connectivity index (χ3v) is 5.55. The zero-order valence-electron chi connectivity index (χ0n) is 14.4. The molecular weight excluding hydrogens is 316 g/mol. The number of nitrogens with zero attached hydrogens (tertiary/aromatic N) is 3. The van der Waals surface area contributed by atoms with Crippen molar-refractivity contribution < 1.29 is 9.59 Å². The molecule has 0 radical (unpaired) electrons. The lowest BCUT2D eigenvalue weighted by molar-refractivity contribution is -0.138. The van der Waals surface area contributed by atoms with Gasteiger partial charge in [-0.05, 0) is 25.0 Å². The third-order valence-electron chi connectivity index (χ3n) is 5.55. The van der Waals surface area contributed by atoms with Gasteiger partial charge in [-0.25, -0.2) is 0 Å². The first kappa shape index (κ1) is 16.1. The van der Waals surface area contributed by atoms with E-state index < -0.39 is 0 Å². The Labute approximate surface area is 147 Å². The molecular formula is C19H24N4O2. The molecule has 132 valence electrons. The van der Waals surface area contributed by atoms with E-state index >= 15 is 0 Å². The van der Waals surface area contributed by atoms with Crippen LogP contribution in [0.3, 0.4) is 0 Å². The summed E-state index contributed by atoms with van der Waals surface area (Å²) >= 11 is 0. The molecule has 2 fully saturated rings. The molecule has 6 nitrogen and oxygen atoms in total. The van der Waals surface area contributed by atoms with Crippen LogP contribution in [-0.4, -0.2) is 58.0 Å². The first-order valence-electron chi connectivity index (χ1n) is 9.24. The van der Waals surface area contributed by atoms with Gasteiger partial charge >= 0.3 is 0 Å². The van der Waals surface area contributed by atoms with E-state index in [1.807, 2.05) is 28.0 Å². The van der Waals surface area contributed by atoms with Crippen molar-refractivity contribution in [2.24, 2.45) is 5.92 Å². The lowest BCUT2D eigenvalue weighted by Crippen LogP contribution is -2.52. The van der Waals surface area contributed by atoms with E-state index in [1.54, 1.807) is 6.20 Å². The Bertz CT molecular complexity index is 771. The molecule has 1 N–H and O–H groups in total. The average molecular weight is 340 g/mol. The maximum Gasteiger partial charge on any atom is 0.254 e. The van der Waals surface area contributed by atoms with Crippen LogP contribution in [0.4, 0.5) is 0 Å². The number of H-pyrrole nitrogens is 1. The summed E-state index contributed by atoms with van der Waals surface area (Å²) in [6.45, 7) is 2.49. The van der Waals surface area contributed by atoms with Gasteiger partial charge in [-0.3, -0.25) is 14.7 Å². The minimum absolute atomic E-state index is 0.0248. The molecule has 1 saturated carbocycles. The molecule has 2 aliphatic rings. The molecule has 4 rings (SSSR count). The van der Waals surface area contributed by atoms with Gasteiger partial charge in [0.25, 0.3) is 5.91 Å². The standard InChI is InChI=1S/C19H24N4O2/c24-18(14-5-2-1-3-6-14)22-9-11-23(12-10-22)19(25)15-7-4-8-17-16(15)13-20-21-17/h4,7-8,13-14H,1-3,5-6,9-12H2,(H,20,21). The van der Waals surface area contributed by atoms with E-state index in [9.17, 15) is 9.59 Å². The number of carbonyl (C=O) groups is 2.